The molecule has 3 aliphatic heterocycles. The van der Waals surface area contributed by atoms with Crippen molar-refractivity contribution in [3.8, 4) is 11.1 Å². The van der Waals surface area contributed by atoms with E-state index in [1.54, 1.807) is 19.3 Å². The molecule has 6 heteroatoms. The van der Waals surface area contributed by atoms with Crippen molar-refractivity contribution in [2.75, 3.05) is 14.2 Å². The fourth-order valence-corrected chi connectivity index (χ4v) is 10.0. The molecular weight excluding hydrogens is 546 g/mol. The van der Waals surface area contributed by atoms with E-state index in [0.717, 1.165) is 19.3 Å². The number of rotatable bonds is 6. The molecule has 0 aliphatic carbocycles. The molecule has 244 valence electrons. The van der Waals surface area contributed by atoms with Gasteiger partial charge in [-0.05, 0) is 130 Å². The topological polar surface area (TPSA) is 48.4 Å². The number of nitrogens with zero attached hydrogens (tertiary/aromatic N) is 3. The van der Waals surface area contributed by atoms with Crippen LogP contribution in [0, 0.1) is 0 Å². The number of hydrogen-bond acceptors (Lipinski definition) is 6. The normalized spacial score (nSPS) is 30.7. The second-order valence-electron chi connectivity index (χ2n) is 17.4. The molecule has 3 unspecified atom stereocenters. The van der Waals surface area contributed by atoms with Crippen molar-refractivity contribution in [2.24, 2.45) is 0 Å². The molecule has 2 aromatic carbocycles. The van der Waals surface area contributed by atoms with Gasteiger partial charge in [-0.3, -0.25) is 0 Å². The van der Waals surface area contributed by atoms with Crippen LogP contribution in [0.3, 0.4) is 0 Å². The van der Waals surface area contributed by atoms with Gasteiger partial charge >= 0.3 is 0 Å². The van der Waals surface area contributed by atoms with Crippen molar-refractivity contribution in [3.63, 3.8) is 0 Å². The zero-order chi connectivity index (χ0) is 32.8. The SMILES string of the molecule is CON1C(C)(C)CC(c2ccc(-c3ccc(C4CC(C)(C)N(O)C4(C)C)c(C4CC(C)(C)N(OC)C4(C)C)c3)cc2)C1(C)C. The molecule has 3 heterocycles. The number of hydrogen-bond donors (Lipinski definition) is 1. The van der Waals surface area contributed by atoms with Gasteiger partial charge in [0, 0.05) is 51.0 Å². The first-order chi connectivity index (χ1) is 20.1. The lowest BCUT2D eigenvalue weighted by Crippen LogP contribution is -2.48. The molecule has 0 spiro atoms. The Morgan fingerprint density at radius 3 is 1.43 bits per heavy atom. The lowest BCUT2D eigenvalue weighted by atomic mass is 9.72. The Balaban J connectivity index is 1.59. The zero-order valence-electron chi connectivity index (χ0n) is 30.0. The van der Waals surface area contributed by atoms with Gasteiger partial charge in [-0.25, -0.2) is 0 Å². The lowest BCUT2D eigenvalue weighted by Gasteiger charge is -2.40. The molecule has 3 fully saturated rings. The lowest BCUT2D eigenvalue weighted by molar-refractivity contribution is -0.221. The predicted molar refractivity (Wildman–Crippen MR) is 180 cm³/mol. The van der Waals surface area contributed by atoms with Gasteiger partial charge in [0.25, 0.3) is 0 Å². The van der Waals surface area contributed by atoms with E-state index in [-0.39, 0.29) is 39.5 Å². The van der Waals surface area contributed by atoms with E-state index in [9.17, 15) is 5.21 Å². The smallest absolute Gasteiger partial charge is 0.0575 e. The molecular formula is C38H59N3O3. The molecule has 0 bridgehead atoms. The first-order valence-electron chi connectivity index (χ1n) is 16.6. The Bertz CT molecular complexity index is 1370. The van der Waals surface area contributed by atoms with E-state index < -0.39 is 5.54 Å². The Kier molecular flexibility index (Phi) is 8.10. The summed E-state index contributed by atoms with van der Waals surface area (Å²) in [6, 6.07) is 16.4. The van der Waals surface area contributed by atoms with Gasteiger partial charge in [-0.2, -0.15) is 15.2 Å². The van der Waals surface area contributed by atoms with Crippen LogP contribution in [0.25, 0.3) is 11.1 Å². The zero-order valence-corrected chi connectivity index (χ0v) is 30.0. The summed E-state index contributed by atoms with van der Waals surface area (Å²) in [5.41, 5.74) is 5.41. The van der Waals surface area contributed by atoms with Crippen molar-refractivity contribution >= 4 is 0 Å². The van der Waals surface area contributed by atoms with E-state index in [0.29, 0.717) is 5.92 Å². The second kappa shape index (κ2) is 10.6. The summed E-state index contributed by atoms with van der Waals surface area (Å²) in [5.74, 6) is 0.835. The predicted octanol–water partition coefficient (Wildman–Crippen LogP) is 8.91. The molecule has 0 saturated carbocycles. The Hall–Kier alpha value is -1.80. The Labute approximate surface area is 267 Å². The number of benzene rings is 2. The fourth-order valence-electron chi connectivity index (χ4n) is 10.0. The van der Waals surface area contributed by atoms with E-state index >= 15 is 0 Å². The van der Waals surface area contributed by atoms with E-state index in [1.807, 2.05) is 0 Å². The van der Waals surface area contributed by atoms with Crippen molar-refractivity contribution in [3.05, 3.63) is 59.2 Å². The van der Waals surface area contributed by atoms with Crippen LogP contribution >= 0.6 is 0 Å². The maximum Gasteiger partial charge on any atom is 0.0575 e. The van der Waals surface area contributed by atoms with Crippen molar-refractivity contribution in [1.82, 2.24) is 15.2 Å². The highest BCUT2D eigenvalue weighted by molar-refractivity contribution is 5.66. The molecule has 0 aromatic heterocycles. The molecule has 44 heavy (non-hydrogen) atoms. The van der Waals surface area contributed by atoms with Gasteiger partial charge in [-0.1, -0.05) is 42.5 Å². The van der Waals surface area contributed by atoms with Crippen molar-refractivity contribution < 1.29 is 14.9 Å². The summed E-state index contributed by atoms with van der Waals surface area (Å²) in [6.07, 6.45) is 2.93. The number of hydroxylamine groups is 6. The standard InChI is InChI=1S/C38H59N3O3/c1-33(2)23-31(36(7,8)39(33)42)28-20-19-27(21-29(28)32-24-35(5,6)41(44-14)38(32,11)12)25-15-17-26(18-16-25)30-22-34(3,4)40(43-13)37(30,9)10/h15-21,30-32,42H,22-24H2,1-14H3. The summed E-state index contributed by atoms with van der Waals surface area (Å²) in [6.45, 7) is 27.0. The highest BCUT2D eigenvalue weighted by Crippen LogP contribution is 2.56. The molecule has 3 saturated heterocycles. The van der Waals surface area contributed by atoms with Crippen LogP contribution < -0.4 is 0 Å². The molecule has 1 N–H and O–H groups in total. The van der Waals surface area contributed by atoms with Crippen LogP contribution in [-0.4, -0.2) is 67.9 Å². The summed E-state index contributed by atoms with van der Waals surface area (Å²) in [5, 5.41) is 17.3. The van der Waals surface area contributed by atoms with Crippen molar-refractivity contribution in [2.45, 2.75) is 153 Å². The van der Waals surface area contributed by atoms with Gasteiger partial charge in [0.2, 0.25) is 0 Å². The first-order valence-corrected chi connectivity index (χ1v) is 16.6. The molecule has 6 nitrogen and oxygen atoms in total. The second-order valence-corrected chi connectivity index (χ2v) is 17.4. The third-order valence-electron chi connectivity index (χ3n) is 11.8. The largest absolute Gasteiger partial charge is 0.313 e. The fraction of sp³-hybridized carbons (Fsp3) is 0.684. The van der Waals surface area contributed by atoms with Gasteiger partial charge in [0.1, 0.15) is 0 Å². The van der Waals surface area contributed by atoms with Crippen molar-refractivity contribution in [1.29, 1.82) is 0 Å². The van der Waals surface area contributed by atoms with Gasteiger partial charge in [0.15, 0.2) is 0 Å². The van der Waals surface area contributed by atoms with Gasteiger partial charge < -0.3 is 14.9 Å². The maximum atomic E-state index is 11.3. The minimum absolute atomic E-state index is 0.0308. The molecule has 2 aromatic rings. The maximum absolute atomic E-state index is 11.3. The van der Waals surface area contributed by atoms with E-state index in [4.69, 9.17) is 9.68 Å². The van der Waals surface area contributed by atoms with E-state index in [1.165, 1.54) is 27.8 Å². The van der Waals surface area contributed by atoms with Crippen LogP contribution in [-0.2, 0) is 9.68 Å². The highest BCUT2D eigenvalue weighted by Gasteiger charge is 2.56. The molecule has 3 atom stereocenters. The first kappa shape index (κ1) is 33.6. The highest BCUT2D eigenvalue weighted by atomic mass is 16.7. The summed E-state index contributed by atoms with van der Waals surface area (Å²) < 4.78 is 0. The van der Waals surface area contributed by atoms with Crippen LogP contribution in [0.2, 0.25) is 0 Å². The van der Waals surface area contributed by atoms with Crippen LogP contribution in [0.4, 0.5) is 0 Å². The van der Waals surface area contributed by atoms with E-state index in [2.05, 4.69) is 136 Å². The Morgan fingerprint density at radius 2 is 0.977 bits per heavy atom. The third kappa shape index (κ3) is 5.09. The molecule has 5 rings (SSSR count). The van der Waals surface area contributed by atoms with Gasteiger partial charge in [0.05, 0.1) is 14.2 Å². The summed E-state index contributed by atoms with van der Waals surface area (Å²) in [4.78, 5) is 11.9. The van der Waals surface area contributed by atoms with Gasteiger partial charge in [-0.15, -0.1) is 0 Å². The summed E-state index contributed by atoms with van der Waals surface area (Å²) in [7, 11) is 3.59. The minimum atomic E-state index is -0.390. The summed E-state index contributed by atoms with van der Waals surface area (Å²) >= 11 is 0. The molecule has 0 radical (unpaired) electrons. The average molecular weight is 606 g/mol. The molecule has 3 aliphatic rings. The monoisotopic (exact) mass is 605 g/mol. The Morgan fingerprint density at radius 1 is 0.545 bits per heavy atom. The minimum Gasteiger partial charge on any atom is -0.313 e. The van der Waals surface area contributed by atoms with Crippen LogP contribution in [0.5, 0.6) is 0 Å². The third-order valence-corrected chi connectivity index (χ3v) is 11.8. The van der Waals surface area contributed by atoms with Crippen LogP contribution in [0.15, 0.2) is 42.5 Å². The van der Waals surface area contributed by atoms with Crippen LogP contribution in [0.1, 0.15) is 137 Å². The average Bonchev–Trinajstić information content (AvgIpc) is 3.31. The molecule has 0 amide bonds. The quantitative estimate of drug-likeness (QED) is 0.355.